The van der Waals surface area contributed by atoms with Crippen LogP contribution < -0.4 is 22.1 Å². The summed E-state index contributed by atoms with van der Waals surface area (Å²) in [6.07, 6.45) is 8.84. The number of amides is 1. The molecule has 140 valence electrons. The molecule has 0 aromatic carbocycles. The molecular formula is C16H19N9OS. The molecule has 1 fully saturated rings. The first-order valence-corrected chi connectivity index (χ1v) is 9.41. The Kier molecular flexibility index (Phi) is 4.77. The minimum Gasteiger partial charge on any atom is -0.364 e. The van der Waals surface area contributed by atoms with Crippen LogP contribution in [0.25, 0.3) is 11.2 Å². The Labute approximate surface area is 159 Å². The summed E-state index contributed by atoms with van der Waals surface area (Å²) in [5.41, 5.74) is 12.8. The quantitative estimate of drug-likeness (QED) is 0.509. The summed E-state index contributed by atoms with van der Waals surface area (Å²) < 4.78 is 4.22. The van der Waals surface area contributed by atoms with Crippen LogP contribution in [-0.2, 0) is 0 Å². The SMILES string of the molecule is NC(=O)c1ncc(N[C@@H]2CCCC[C@@H]2N)nc1Nc1snc2nccnc12. The monoisotopic (exact) mass is 385 g/mol. The van der Waals surface area contributed by atoms with Gasteiger partial charge in [-0.25, -0.2) is 19.9 Å². The second-order valence-corrected chi connectivity index (χ2v) is 7.15. The number of carbonyl (C=O) groups is 1. The molecular weight excluding hydrogens is 366 g/mol. The molecule has 2 atom stereocenters. The van der Waals surface area contributed by atoms with E-state index in [-0.39, 0.29) is 23.6 Å². The van der Waals surface area contributed by atoms with E-state index in [2.05, 4.69) is 34.9 Å². The average Bonchev–Trinajstić information content (AvgIpc) is 3.07. The van der Waals surface area contributed by atoms with E-state index in [0.717, 1.165) is 25.7 Å². The lowest BCUT2D eigenvalue weighted by molar-refractivity contribution is 0.0996. The maximum atomic E-state index is 11.8. The van der Waals surface area contributed by atoms with Crippen LogP contribution in [0.4, 0.5) is 16.6 Å². The summed E-state index contributed by atoms with van der Waals surface area (Å²) in [4.78, 5) is 28.8. The molecule has 0 spiro atoms. The zero-order chi connectivity index (χ0) is 18.8. The molecule has 1 aliphatic rings. The molecule has 6 N–H and O–H groups in total. The van der Waals surface area contributed by atoms with Gasteiger partial charge in [-0.05, 0) is 24.4 Å². The molecule has 4 rings (SSSR count). The minimum absolute atomic E-state index is 0.0407. The van der Waals surface area contributed by atoms with Crippen LogP contribution in [0.3, 0.4) is 0 Å². The fourth-order valence-electron chi connectivity index (χ4n) is 3.13. The number of carbonyl (C=O) groups excluding carboxylic acids is 1. The van der Waals surface area contributed by atoms with Gasteiger partial charge in [0.2, 0.25) is 0 Å². The molecule has 0 saturated heterocycles. The van der Waals surface area contributed by atoms with Crippen molar-refractivity contribution in [1.82, 2.24) is 24.3 Å². The van der Waals surface area contributed by atoms with Gasteiger partial charge >= 0.3 is 0 Å². The van der Waals surface area contributed by atoms with E-state index >= 15 is 0 Å². The fourth-order valence-corrected chi connectivity index (χ4v) is 3.82. The van der Waals surface area contributed by atoms with Crippen LogP contribution >= 0.6 is 11.5 Å². The molecule has 3 aromatic rings. The van der Waals surface area contributed by atoms with Gasteiger partial charge in [-0.3, -0.25) is 4.79 Å². The second-order valence-electron chi connectivity index (χ2n) is 6.38. The van der Waals surface area contributed by atoms with Crippen LogP contribution in [0.2, 0.25) is 0 Å². The predicted octanol–water partition coefficient (Wildman–Crippen LogP) is 1.40. The van der Waals surface area contributed by atoms with Crippen LogP contribution in [0.15, 0.2) is 18.6 Å². The van der Waals surface area contributed by atoms with E-state index in [4.69, 9.17) is 11.5 Å². The molecule has 0 bridgehead atoms. The summed E-state index contributed by atoms with van der Waals surface area (Å²) in [6.45, 7) is 0. The summed E-state index contributed by atoms with van der Waals surface area (Å²) in [5.74, 6) is 0.101. The lowest BCUT2D eigenvalue weighted by Crippen LogP contribution is -2.42. The standard InChI is InChI=1S/C16H19N9OS/c17-8-3-1-2-4-9(8)22-10-7-21-11(13(18)26)15(23-10)24-16-12-14(25-27-16)20-6-5-19-12/h5-9H,1-4,17H2,(H2,18,26)(H2,22,23,24)/t8-,9+/m0/s1. The molecule has 1 amide bonds. The highest BCUT2D eigenvalue weighted by Gasteiger charge is 2.23. The van der Waals surface area contributed by atoms with Gasteiger partial charge in [0.25, 0.3) is 5.91 Å². The molecule has 11 heteroatoms. The highest BCUT2D eigenvalue weighted by molar-refractivity contribution is 7.11. The maximum absolute atomic E-state index is 11.8. The van der Waals surface area contributed by atoms with Crippen molar-refractivity contribution in [2.45, 2.75) is 37.8 Å². The first-order chi connectivity index (χ1) is 13.1. The Morgan fingerprint density at radius 1 is 1.19 bits per heavy atom. The molecule has 1 saturated carbocycles. The number of primary amides is 1. The van der Waals surface area contributed by atoms with Gasteiger partial charge in [0.1, 0.15) is 16.3 Å². The Hall–Kier alpha value is -2.92. The molecule has 27 heavy (non-hydrogen) atoms. The van der Waals surface area contributed by atoms with E-state index in [0.29, 0.717) is 22.0 Å². The van der Waals surface area contributed by atoms with Crippen LogP contribution in [0.1, 0.15) is 36.2 Å². The number of nitrogens with zero attached hydrogens (tertiary/aromatic N) is 5. The maximum Gasteiger partial charge on any atom is 0.271 e. The lowest BCUT2D eigenvalue weighted by Gasteiger charge is -2.29. The fraction of sp³-hybridized carbons (Fsp3) is 0.375. The molecule has 1 aliphatic carbocycles. The first-order valence-electron chi connectivity index (χ1n) is 8.64. The summed E-state index contributed by atoms with van der Waals surface area (Å²) >= 11 is 1.17. The number of rotatable bonds is 5. The average molecular weight is 385 g/mol. The summed E-state index contributed by atoms with van der Waals surface area (Å²) in [7, 11) is 0. The number of anilines is 3. The second kappa shape index (κ2) is 7.37. The zero-order valence-corrected chi connectivity index (χ0v) is 15.2. The van der Waals surface area contributed by atoms with Crippen molar-refractivity contribution in [2.75, 3.05) is 10.6 Å². The molecule has 0 unspecified atom stereocenters. The van der Waals surface area contributed by atoms with Crippen molar-refractivity contribution in [3.8, 4) is 0 Å². The van der Waals surface area contributed by atoms with Gasteiger partial charge in [-0.15, -0.1) is 0 Å². The van der Waals surface area contributed by atoms with Gasteiger partial charge in [-0.2, -0.15) is 4.37 Å². The van der Waals surface area contributed by atoms with Gasteiger partial charge in [-0.1, -0.05) is 12.8 Å². The largest absolute Gasteiger partial charge is 0.364 e. The Bertz CT molecular complexity index is 975. The number of nitrogens with one attached hydrogen (secondary N) is 2. The summed E-state index contributed by atoms with van der Waals surface area (Å²) in [6, 6.07) is 0.184. The zero-order valence-electron chi connectivity index (χ0n) is 14.4. The smallest absolute Gasteiger partial charge is 0.271 e. The predicted molar refractivity (Wildman–Crippen MR) is 103 cm³/mol. The van der Waals surface area contributed by atoms with Crippen LogP contribution in [0, 0.1) is 0 Å². The number of fused-ring (bicyclic) bond motifs is 1. The summed E-state index contributed by atoms with van der Waals surface area (Å²) in [5, 5.41) is 7.01. The van der Waals surface area contributed by atoms with Gasteiger partial charge in [0.15, 0.2) is 17.2 Å². The van der Waals surface area contributed by atoms with Crippen molar-refractivity contribution in [2.24, 2.45) is 11.5 Å². The third-order valence-electron chi connectivity index (χ3n) is 4.51. The molecule has 3 heterocycles. The van der Waals surface area contributed by atoms with E-state index in [1.807, 2.05) is 0 Å². The molecule has 10 nitrogen and oxygen atoms in total. The van der Waals surface area contributed by atoms with E-state index < -0.39 is 5.91 Å². The van der Waals surface area contributed by atoms with Crippen molar-refractivity contribution in [1.29, 1.82) is 0 Å². The normalized spacial score (nSPS) is 19.7. The number of nitrogens with two attached hydrogens (primary N) is 2. The lowest BCUT2D eigenvalue weighted by atomic mass is 9.91. The Morgan fingerprint density at radius 2 is 2.00 bits per heavy atom. The van der Waals surface area contributed by atoms with Crippen molar-refractivity contribution >= 4 is 45.2 Å². The van der Waals surface area contributed by atoms with Crippen molar-refractivity contribution in [3.63, 3.8) is 0 Å². The molecule has 0 radical (unpaired) electrons. The van der Waals surface area contributed by atoms with Gasteiger partial charge < -0.3 is 22.1 Å². The highest BCUT2D eigenvalue weighted by atomic mass is 32.1. The highest BCUT2D eigenvalue weighted by Crippen LogP contribution is 2.29. The van der Waals surface area contributed by atoms with Crippen LogP contribution in [0.5, 0.6) is 0 Å². The molecule has 3 aromatic heterocycles. The number of hydrogen-bond donors (Lipinski definition) is 4. The molecule has 0 aliphatic heterocycles. The van der Waals surface area contributed by atoms with E-state index in [1.165, 1.54) is 17.7 Å². The van der Waals surface area contributed by atoms with Crippen LogP contribution in [-0.4, -0.2) is 42.3 Å². The third-order valence-corrected chi connectivity index (χ3v) is 5.25. The Morgan fingerprint density at radius 3 is 2.81 bits per heavy atom. The minimum atomic E-state index is -0.675. The van der Waals surface area contributed by atoms with Crippen molar-refractivity contribution in [3.05, 3.63) is 24.3 Å². The number of hydrogen-bond acceptors (Lipinski definition) is 10. The first kappa shape index (κ1) is 17.5. The third kappa shape index (κ3) is 3.64. The van der Waals surface area contributed by atoms with Gasteiger partial charge in [0, 0.05) is 24.5 Å². The van der Waals surface area contributed by atoms with E-state index in [1.54, 1.807) is 12.4 Å². The van der Waals surface area contributed by atoms with Crippen molar-refractivity contribution < 1.29 is 4.79 Å². The topological polar surface area (TPSA) is 158 Å². The van der Waals surface area contributed by atoms with E-state index in [9.17, 15) is 4.79 Å². The Balaban J connectivity index is 1.64. The van der Waals surface area contributed by atoms with Gasteiger partial charge in [0.05, 0.1) is 6.20 Å². The number of aromatic nitrogens is 5.